The monoisotopic (exact) mass is 282 g/mol. The molecule has 0 amide bonds. The molecule has 0 aromatic heterocycles. The zero-order valence-electron chi connectivity index (χ0n) is 12.2. The summed E-state index contributed by atoms with van der Waals surface area (Å²) in [4.78, 5) is 0. The van der Waals surface area contributed by atoms with Crippen LogP contribution in [0.5, 0.6) is 0 Å². The van der Waals surface area contributed by atoms with E-state index in [1.807, 2.05) is 0 Å². The van der Waals surface area contributed by atoms with Crippen LogP contribution < -0.4 is 11.5 Å². The number of rotatable bonds is 7. The first kappa shape index (κ1) is 22.3. The zero-order valence-corrected chi connectivity index (χ0v) is 13.2. The predicted molar refractivity (Wildman–Crippen MR) is 71.3 cm³/mol. The molecule has 0 fully saturated rings. The van der Waals surface area contributed by atoms with Crippen molar-refractivity contribution in [2.75, 3.05) is 18.8 Å². The average Bonchev–Trinajstić information content (AvgIpc) is 2.12. The van der Waals surface area contributed by atoms with Crippen molar-refractivity contribution in [2.24, 2.45) is 11.5 Å². The largest absolute Gasteiger partial charge is 2.00 e. The molecule has 0 rings (SSSR count). The third-order valence-electron chi connectivity index (χ3n) is 1.62. The first-order valence-electron chi connectivity index (χ1n) is 5.33. The van der Waals surface area contributed by atoms with E-state index in [0.29, 0.717) is 6.42 Å². The molecule has 0 aromatic carbocycles. The van der Waals surface area contributed by atoms with Crippen molar-refractivity contribution >= 4 is 47.9 Å². The van der Waals surface area contributed by atoms with Crippen molar-refractivity contribution < 1.29 is 15.8 Å². The Balaban J connectivity index is -0.0000000540. The van der Waals surface area contributed by atoms with E-state index in [9.17, 15) is 8.42 Å². The van der Waals surface area contributed by atoms with Crippen LogP contribution in [0.1, 0.15) is 41.9 Å². The Morgan fingerprint density at radius 1 is 1.06 bits per heavy atom. The summed E-state index contributed by atoms with van der Waals surface area (Å²) in [5, 5.41) is 0. The smallest absolute Gasteiger partial charge is 1.00 e. The second kappa shape index (κ2) is 16.1. The SMILES string of the molecule is CCCS(=O)(=O)O.NCCCCCCN.[Ca+2].[H-].[H-]. The van der Waals surface area contributed by atoms with E-state index in [2.05, 4.69) is 0 Å². The summed E-state index contributed by atoms with van der Waals surface area (Å²) in [6.07, 6.45) is 5.26. The summed E-state index contributed by atoms with van der Waals surface area (Å²) >= 11 is 0. The molecule has 7 heteroatoms. The van der Waals surface area contributed by atoms with Gasteiger partial charge in [0.2, 0.25) is 0 Å². The Labute approximate surface area is 132 Å². The van der Waals surface area contributed by atoms with E-state index in [1.54, 1.807) is 6.92 Å². The van der Waals surface area contributed by atoms with E-state index < -0.39 is 10.1 Å². The number of nitrogens with two attached hydrogens (primary N) is 2. The van der Waals surface area contributed by atoms with Crippen molar-refractivity contribution in [1.82, 2.24) is 0 Å². The van der Waals surface area contributed by atoms with Gasteiger partial charge in [0.05, 0.1) is 5.75 Å². The van der Waals surface area contributed by atoms with Gasteiger partial charge in [-0.15, -0.1) is 0 Å². The van der Waals surface area contributed by atoms with Crippen LogP contribution in [0.3, 0.4) is 0 Å². The number of hydrogen-bond acceptors (Lipinski definition) is 4. The van der Waals surface area contributed by atoms with E-state index in [-0.39, 0.29) is 46.3 Å². The third kappa shape index (κ3) is 29.4. The normalized spacial score (nSPS) is 10.0. The second-order valence-electron chi connectivity index (χ2n) is 3.28. The zero-order chi connectivity index (χ0) is 12.2. The molecular weight excluding hydrogens is 256 g/mol. The molecule has 0 bridgehead atoms. The average molecular weight is 282 g/mol. The van der Waals surface area contributed by atoms with E-state index >= 15 is 0 Å². The molecule has 0 aliphatic carbocycles. The molecule has 0 saturated heterocycles. The van der Waals surface area contributed by atoms with Gasteiger partial charge in [0.15, 0.2) is 0 Å². The van der Waals surface area contributed by atoms with Crippen LogP contribution in [0, 0.1) is 0 Å². The van der Waals surface area contributed by atoms with Crippen molar-refractivity contribution in [2.45, 2.75) is 39.0 Å². The molecule has 0 atom stereocenters. The molecule has 5 nitrogen and oxygen atoms in total. The Morgan fingerprint density at radius 3 is 1.56 bits per heavy atom. The topological polar surface area (TPSA) is 106 Å². The van der Waals surface area contributed by atoms with Gasteiger partial charge in [-0.25, -0.2) is 0 Å². The number of unbranched alkanes of at least 4 members (excludes halogenated alkanes) is 3. The van der Waals surface area contributed by atoms with Crippen LogP contribution in [0.4, 0.5) is 0 Å². The van der Waals surface area contributed by atoms with Gasteiger partial charge >= 0.3 is 37.7 Å². The van der Waals surface area contributed by atoms with Gasteiger partial charge in [-0.05, 0) is 32.4 Å². The van der Waals surface area contributed by atoms with Crippen molar-refractivity contribution in [1.29, 1.82) is 0 Å². The van der Waals surface area contributed by atoms with Gasteiger partial charge < -0.3 is 14.3 Å². The minimum atomic E-state index is -3.67. The van der Waals surface area contributed by atoms with Crippen LogP contribution in [-0.2, 0) is 10.1 Å². The first-order valence-corrected chi connectivity index (χ1v) is 6.94. The van der Waals surface area contributed by atoms with E-state index in [0.717, 1.165) is 25.9 Å². The van der Waals surface area contributed by atoms with Crippen LogP contribution in [0.2, 0.25) is 0 Å². The molecule has 0 aliphatic heterocycles. The van der Waals surface area contributed by atoms with E-state index in [4.69, 9.17) is 16.0 Å². The Hall–Kier alpha value is 1.09. The fraction of sp³-hybridized carbons (Fsp3) is 1.00. The molecule has 0 aliphatic rings. The van der Waals surface area contributed by atoms with Gasteiger partial charge in [-0.3, -0.25) is 4.55 Å². The molecule has 5 N–H and O–H groups in total. The molecule has 16 heavy (non-hydrogen) atoms. The molecule has 0 aromatic rings. The van der Waals surface area contributed by atoms with Gasteiger partial charge in [0.25, 0.3) is 10.1 Å². The molecule has 0 saturated carbocycles. The maximum Gasteiger partial charge on any atom is 2.00 e. The van der Waals surface area contributed by atoms with Gasteiger partial charge in [-0.2, -0.15) is 8.42 Å². The van der Waals surface area contributed by atoms with Crippen LogP contribution >= 0.6 is 0 Å². The summed E-state index contributed by atoms with van der Waals surface area (Å²) < 4.78 is 27.6. The molecule has 0 radical (unpaired) electrons. The first-order chi connectivity index (χ1) is 6.97. The van der Waals surface area contributed by atoms with Gasteiger partial charge in [0.1, 0.15) is 0 Å². The molecule has 0 heterocycles. The molecule has 0 spiro atoms. The van der Waals surface area contributed by atoms with Crippen molar-refractivity contribution in [3.8, 4) is 0 Å². The Morgan fingerprint density at radius 2 is 1.44 bits per heavy atom. The molecule has 0 unspecified atom stereocenters. The Kier molecular flexibility index (Phi) is 22.4. The maximum absolute atomic E-state index is 9.79. The fourth-order valence-corrected chi connectivity index (χ4v) is 1.42. The summed E-state index contributed by atoms with van der Waals surface area (Å²) in [7, 11) is -3.67. The van der Waals surface area contributed by atoms with Crippen molar-refractivity contribution in [3.05, 3.63) is 0 Å². The van der Waals surface area contributed by atoms with Crippen molar-refractivity contribution in [3.63, 3.8) is 0 Å². The van der Waals surface area contributed by atoms with Crippen LogP contribution in [0.25, 0.3) is 0 Å². The van der Waals surface area contributed by atoms with Crippen LogP contribution in [-0.4, -0.2) is 69.6 Å². The molecule has 98 valence electrons. The Bertz CT molecular complexity index is 214. The van der Waals surface area contributed by atoms with Gasteiger partial charge in [0, 0.05) is 0 Å². The summed E-state index contributed by atoms with van der Waals surface area (Å²) in [6.45, 7) is 3.34. The maximum atomic E-state index is 9.79. The summed E-state index contributed by atoms with van der Waals surface area (Å²) in [5.74, 6) is -0.132. The number of hydrogen-bond donors (Lipinski definition) is 3. The minimum absolute atomic E-state index is 0. The quantitative estimate of drug-likeness (QED) is 0.360. The summed E-state index contributed by atoms with van der Waals surface area (Å²) in [5.41, 5.74) is 10.6. The minimum Gasteiger partial charge on any atom is -1.00 e. The van der Waals surface area contributed by atoms with Crippen LogP contribution in [0.15, 0.2) is 0 Å². The van der Waals surface area contributed by atoms with E-state index in [1.165, 1.54) is 12.8 Å². The standard InChI is InChI=1S/C6H16N2.C3H8O3S.Ca.2H/c7-5-3-1-2-4-6-8;1-2-3-7(4,5)6;;;/h1-8H2;2-3H2,1H3,(H,4,5,6);;;/q;;+2;2*-1. The van der Waals surface area contributed by atoms with Gasteiger partial charge in [-0.1, -0.05) is 19.8 Å². The predicted octanol–water partition coefficient (Wildman–Crippen LogP) is 0.593. The second-order valence-corrected chi connectivity index (χ2v) is 4.85. The molecular formula is C9H26CaN2O3S. The fourth-order valence-electron chi connectivity index (χ4n) is 0.900. The summed E-state index contributed by atoms with van der Waals surface area (Å²) in [6, 6.07) is 0. The third-order valence-corrected chi connectivity index (χ3v) is 2.54.